The van der Waals surface area contributed by atoms with Gasteiger partial charge in [-0.3, -0.25) is 0 Å². The lowest BCUT2D eigenvalue weighted by Crippen LogP contribution is -2.06. The number of hydrogen-bond donors (Lipinski definition) is 2. The van der Waals surface area contributed by atoms with Crippen LogP contribution in [0.3, 0.4) is 0 Å². The lowest BCUT2D eigenvalue weighted by atomic mass is 10.1. The first-order chi connectivity index (χ1) is 12.6. The van der Waals surface area contributed by atoms with Crippen molar-refractivity contribution in [1.82, 2.24) is 15.0 Å². The number of benzene rings is 2. The standard InChI is InChI=1S/C18H12F2N6/c19-14-7-4-8-15(20)13(14)9-11(10-21)16-24-17(22)26-18(25-16)23-12-5-2-1-3-6-12/h1-9H,(H3,22,23,24,25,26)/b11-9+. The van der Waals surface area contributed by atoms with Gasteiger partial charge in [0.1, 0.15) is 17.7 Å². The fourth-order valence-electron chi connectivity index (χ4n) is 2.16. The van der Waals surface area contributed by atoms with E-state index in [4.69, 9.17) is 5.73 Å². The number of nitriles is 1. The second-order valence-electron chi connectivity index (χ2n) is 5.14. The summed E-state index contributed by atoms with van der Waals surface area (Å²) in [5, 5.41) is 12.3. The van der Waals surface area contributed by atoms with Crippen LogP contribution in [0.25, 0.3) is 11.6 Å². The molecule has 0 unspecified atom stereocenters. The summed E-state index contributed by atoms with van der Waals surface area (Å²) in [6.45, 7) is 0. The smallest absolute Gasteiger partial charge is 0.232 e. The monoisotopic (exact) mass is 350 g/mol. The van der Waals surface area contributed by atoms with Crippen molar-refractivity contribution in [2.45, 2.75) is 0 Å². The number of nitrogen functional groups attached to an aromatic ring is 1. The van der Waals surface area contributed by atoms with Gasteiger partial charge in [-0.2, -0.15) is 20.2 Å². The van der Waals surface area contributed by atoms with Crippen molar-refractivity contribution in [2.75, 3.05) is 11.1 Å². The van der Waals surface area contributed by atoms with Crippen molar-refractivity contribution >= 4 is 29.2 Å². The van der Waals surface area contributed by atoms with Gasteiger partial charge in [0.05, 0.1) is 5.57 Å². The molecule has 3 aromatic rings. The van der Waals surface area contributed by atoms with Gasteiger partial charge in [0.2, 0.25) is 11.9 Å². The molecule has 2 aromatic carbocycles. The molecule has 0 atom stereocenters. The Bertz CT molecular complexity index is 992. The van der Waals surface area contributed by atoms with E-state index in [1.54, 1.807) is 12.1 Å². The lowest BCUT2D eigenvalue weighted by Gasteiger charge is -2.07. The van der Waals surface area contributed by atoms with Gasteiger partial charge in [-0.15, -0.1) is 0 Å². The van der Waals surface area contributed by atoms with Crippen LogP contribution < -0.4 is 11.1 Å². The number of allylic oxidation sites excluding steroid dienone is 1. The maximum absolute atomic E-state index is 13.8. The van der Waals surface area contributed by atoms with Crippen molar-refractivity contribution in [3.63, 3.8) is 0 Å². The highest BCUT2D eigenvalue weighted by molar-refractivity contribution is 5.87. The Hall–Kier alpha value is -3.86. The van der Waals surface area contributed by atoms with Crippen LogP contribution in [0.1, 0.15) is 11.4 Å². The summed E-state index contributed by atoms with van der Waals surface area (Å²) in [7, 11) is 0. The fraction of sp³-hybridized carbons (Fsp3) is 0. The summed E-state index contributed by atoms with van der Waals surface area (Å²) < 4.78 is 27.6. The fourth-order valence-corrected chi connectivity index (χ4v) is 2.16. The third-order valence-electron chi connectivity index (χ3n) is 3.33. The normalized spacial score (nSPS) is 11.0. The van der Waals surface area contributed by atoms with Crippen LogP contribution in [0.15, 0.2) is 48.5 Å². The molecule has 26 heavy (non-hydrogen) atoms. The zero-order valence-corrected chi connectivity index (χ0v) is 13.3. The van der Waals surface area contributed by atoms with E-state index in [2.05, 4.69) is 20.3 Å². The average Bonchev–Trinajstić information content (AvgIpc) is 2.62. The van der Waals surface area contributed by atoms with Crippen LogP contribution in [0.4, 0.5) is 26.4 Å². The van der Waals surface area contributed by atoms with E-state index in [0.717, 1.165) is 18.2 Å². The molecule has 0 amide bonds. The molecular weight excluding hydrogens is 338 g/mol. The van der Waals surface area contributed by atoms with Crippen molar-refractivity contribution < 1.29 is 8.78 Å². The highest BCUT2D eigenvalue weighted by atomic mass is 19.1. The summed E-state index contributed by atoms with van der Waals surface area (Å²) in [4.78, 5) is 11.9. The zero-order chi connectivity index (χ0) is 18.5. The molecule has 0 saturated carbocycles. The number of nitrogens with two attached hydrogens (primary N) is 1. The predicted octanol–water partition coefficient (Wildman–Crippen LogP) is 3.54. The van der Waals surface area contributed by atoms with Gasteiger partial charge in [0.25, 0.3) is 0 Å². The number of hydrogen-bond acceptors (Lipinski definition) is 6. The number of halogens is 2. The van der Waals surface area contributed by atoms with Gasteiger partial charge < -0.3 is 11.1 Å². The van der Waals surface area contributed by atoms with E-state index in [1.807, 2.05) is 24.3 Å². The largest absolute Gasteiger partial charge is 0.368 e. The summed E-state index contributed by atoms with van der Waals surface area (Å²) >= 11 is 0. The van der Waals surface area contributed by atoms with Gasteiger partial charge in [0, 0.05) is 11.3 Å². The summed E-state index contributed by atoms with van der Waals surface area (Å²) in [5.41, 5.74) is 5.86. The molecule has 0 bridgehead atoms. The first-order valence-electron chi connectivity index (χ1n) is 7.46. The molecule has 0 fully saturated rings. The van der Waals surface area contributed by atoms with E-state index in [0.29, 0.717) is 5.69 Å². The summed E-state index contributed by atoms with van der Waals surface area (Å²) in [6.07, 6.45) is 1.03. The van der Waals surface area contributed by atoms with E-state index < -0.39 is 11.6 Å². The van der Waals surface area contributed by atoms with Gasteiger partial charge in [-0.1, -0.05) is 24.3 Å². The van der Waals surface area contributed by atoms with Gasteiger partial charge >= 0.3 is 0 Å². The number of nitrogens with zero attached hydrogens (tertiary/aromatic N) is 4. The number of rotatable bonds is 4. The van der Waals surface area contributed by atoms with E-state index >= 15 is 0 Å². The quantitative estimate of drug-likeness (QED) is 0.698. The van der Waals surface area contributed by atoms with Crippen LogP contribution in [0, 0.1) is 23.0 Å². The van der Waals surface area contributed by atoms with E-state index in [9.17, 15) is 14.0 Å². The van der Waals surface area contributed by atoms with Gasteiger partial charge in [0.15, 0.2) is 5.82 Å². The lowest BCUT2D eigenvalue weighted by molar-refractivity contribution is 0.579. The van der Waals surface area contributed by atoms with Crippen molar-refractivity contribution in [3.05, 3.63) is 71.6 Å². The van der Waals surface area contributed by atoms with Crippen LogP contribution in [0.2, 0.25) is 0 Å². The molecule has 1 aromatic heterocycles. The van der Waals surface area contributed by atoms with E-state index in [-0.39, 0.29) is 28.9 Å². The number of anilines is 3. The SMILES string of the molecule is N#C/C(=C\c1c(F)cccc1F)c1nc(N)nc(Nc2ccccc2)n1. The second kappa shape index (κ2) is 7.36. The summed E-state index contributed by atoms with van der Waals surface area (Å²) in [6, 6.07) is 14.3. The zero-order valence-electron chi connectivity index (χ0n) is 13.3. The highest BCUT2D eigenvalue weighted by Gasteiger charge is 2.13. The Morgan fingerprint density at radius 2 is 1.69 bits per heavy atom. The molecule has 3 rings (SSSR count). The molecule has 0 aliphatic rings. The molecule has 1 heterocycles. The maximum atomic E-state index is 13.8. The first kappa shape index (κ1) is 17.0. The molecule has 0 saturated heterocycles. The number of para-hydroxylation sites is 1. The molecule has 128 valence electrons. The molecule has 8 heteroatoms. The molecule has 0 aliphatic carbocycles. The topological polar surface area (TPSA) is 101 Å². The Morgan fingerprint density at radius 1 is 1.00 bits per heavy atom. The van der Waals surface area contributed by atoms with Gasteiger partial charge in [-0.25, -0.2) is 8.78 Å². The third kappa shape index (κ3) is 3.79. The third-order valence-corrected chi connectivity index (χ3v) is 3.33. The predicted molar refractivity (Wildman–Crippen MR) is 93.8 cm³/mol. The van der Waals surface area contributed by atoms with Crippen LogP contribution >= 0.6 is 0 Å². The van der Waals surface area contributed by atoms with Crippen molar-refractivity contribution in [2.24, 2.45) is 0 Å². The van der Waals surface area contributed by atoms with Crippen LogP contribution in [-0.4, -0.2) is 15.0 Å². The molecular formula is C18H12F2N6. The Balaban J connectivity index is 2.02. The minimum Gasteiger partial charge on any atom is -0.368 e. The number of aromatic nitrogens is 3. The van der Waals surface area contributed by atoms with E-state index in [1.165, 1.54) is 6.07 Å². The summed E-state index contributed by atoms with van der Waals surface area (Å²) in [5.74, 6) is -1.73. The second-order valence-corrected chi connectivity index (χ2v) is 5.14. The Morgan fingerprint density at radius 3 is 2.35 bits per heavy atom. The molecule has 0 spiro atoms. The van der Waals surface area contributed by atoms with Crippen LogP contribution in [0.5, 0.6) is 0 Å². The number of nitrogens with one attached hydrogen (secondary N) is 1. The van der Waals surface area contributed by atoms with Crippen molar-refractivity contribution in [1.29, 1.82) is 5.26 Å². The maximum Gasteiger partial charge on any atom is 0.232 e. The van der Waals surface area contributed by atoms with Gasteiger partial charge in [-0.05, 0) is 30.3 Å². The Labute approximate surface area is 147 Å². The molecule has 6 nitrogen and oxygen atoms in total. The minimum atomic E-state index is -0.803. The average molecular weight is 350 g/mol. The molecule has 0 aliphatic heterocycles. The first-order valence-corrected chi connectivity index (χ1v) is 7.46. The minimum absolute atomic E-state index is 0.0962. The Kier molecular flexibility index (Phi) is 4.80. The molecule has 3 N–H and O–H groups in total. The van der Waals surface area contributed by atoms with Crippen LogP contribution in [-0.2, 0) is 0 Å². The highest BCUT2D eigenvalue weighted by Crippen LogP contribution is 2.21. The molecule has 0 radical (unpaired) electrons. The van der Waals surface area contributed by atoms with Crippen molar-refractivity contribution in [3.8, 4) is 6.07 Å².